The zero-order valence-electron chi connectivity index (χ0n) is 10.5. The van der Waals surface area contributed by atoms with Gasteiger partial charge in [-0.05, 0) is 5.56 Å². The molecule has 10 nitrogen and oxygen atoms in total. The van der Waals surface area contributed by atoms with Crippen LogP contribution in [0.15, 0.2) is 35.4 Å². The maximum absolute atomic E-state index is 10.4. The van der Waals surface area contributed by atoms with Gasteiger partial charge in [0.25, 0.3) is 5.96 Å². The summed E-state index contributed by atoms with van der Waals surface area (Å²) >= 11 is 0. The van der Waals surface area contributed by atoms with Crippen LogP contribution in [0.3, 0.4) is 0 Å². The first-order chi connectivity index (χ1) is 9.58. The van der Waals surface area contributed by atoms with Gasteiger partial charge < -0.3 is 10.6 Å². The molecule has 0 aliphatic carbocycles. The van der Waals surface area contributed by atoms with Crippen molar-refractivity contribution in [3.63, 3.8) is 0 Å². The van der Waals surface area contributed by atoms with E-state index in [0.29, 0.717) is 6.54 Å². The van der Waals surface area contributed by atoms with E-state index in [1.807, 2.05) is 35.8 Å². The lowest BCUT2D eigenvalue weighted by Gasteiger charge is -2.08. The van der Waals surface area contributed by atoms with Crippen molar-refractivity contribution in [1.29, 1.82) is 0 Å². The van der Waals surface area contributed by atoms with Gasteiger partial charge in [0.2, 0.25) is 0 Å². The van der Waals surface area contributed by atoms with E-state index in [1.165, 1.54) is 0 Å². The number of nitro groups is 2. The van der Waals surface area contributed by atoms with Crippen LogP contribution in [0.25, 0.3) is 0 Å². The summed E-state index contributed by atoms with van der Waals surface area (Å²) in [6.45, 7) is 0.482. The van der Waals surface area contributed by atoms with Gasteiger partial charge in [0.05, 0.1) is 6.54 Å². The highest BCUT2D eigenvalue weighted by Gasteiger charge is 2.05. The summed E-state index contributed by atoms with van der Waals surface area (Å²) in [5.74, 6) is -0.0519. The second kappa shape index (κ2) is 8.24. The number of nitrogens with one attached hydrogen (secondary N) is 3. The summed E-state index contributed by atoms with van der Waals surface area (Å²) in [5, 5.41) is 27.4. The number of nitrogens with zero attached hydrogens (tertiary/aromatic N) is 3. The summed E-state index contributed by atoms with van der Waals surface area (Å²) < 4.78 is 0. The Kier molecular flexibility index (Phi) is 6.24. The minimum Gasteiger partial charge on any atom is -0.349 e. The second-order valence-corrected chi connectivity index (χ2v) is 3.62. The van der Waals surface area contributed by atoms with E-state index in [9.17, 15) is 20.2 Å². The first-order valence-electron chi connectivity index (χ1n) is 5.70. The quantitative estimate of drug-likeness (QED) is 0.205. The van der Waals surface area contributed by atoms with Crippen LogP contribution in [0, 0.1) is 20.2 Å². The van der Waals surface area contributed by atoms with Gasteiger partial charge in [0.15, 0.2) is 10.1 Å². The van der Waals surface area contributed by atoms with Crippen LogP contribution in [0.5, 0.6) is 0 Å². The number of hydrogen-bond donors (Lipinski definition) is 3. The Morgan fingerprint density at radius 1 is 1.10 bits per heavy atom. The highest BCUT2D eigenvalue weighted by Crippen LogP contribution is 1.96. The molecule has 3 N–H and O–H groups in total. The lowest BCUT2D eigenvalue weighted by molar-refractivity contribution is -0.543. The van der Waals surface area contributed by atoms with E-state index in [-0.39, 0.29) is 19.0 Å². The molecule has 0 unspecified atom stereocenters. The van der Waals surface area contributed by atoms with Gasteiger partial charge in [0.1, 0.15) is 5.10 Å². The topological polar surface area (TPSA) is 135 Å². The lowest BCUT2D eigenvalue weighted by atomic mass is 10.2. The second-order valence-electron chi connectivity index (χ2n) is 3.62. The van der Waals surface area contributed by atoms with E-state index in [2.05, 4.69) is 15.7 Å². The molecule has 1 rings (SSSR count). The van der Waals surface area contributed by atoms with Crippen molar-refractivity contribution >= 4 is 5.96 Å². The highest BCUT2D eigenvalue weighted by molar-refractivity contribution is 5.79. The fourth-order valence-corrected chi connectivity index (χ4v) is 1.32. The van der Waals surface area contributed by atoms with Crippen LogP contribution in [-0.2, 0) is 6.54 Å². The Labute approximate surface area is 114 Å². The predicted octanol–water partition coefficient (Wildman–Crippen LogP) is -0.305. The average molecular weight is 282 g/mol. The molecule has 1 aromatic rings. The third kappa shape index (κ3) is 6.74. The minimum atomic E-state index is -0.846. The fraction of sp³-hybridized carbons (Fsp3) is 0.300. The van der Waals surface area contributed by atoms with Crippen molar-refractivity contribution in [1.82, 2.24) is 16.1 Å². The molecule has 0 aliphatic heterocycles. The van der Waals surface area contributed by atoms with Gasteiger partial charge in [-0.2, -0.15) is 0 Å². The number of rotatable bonds is 7. The molecule has 0 atom stereocenters. The molecule has 10 heteroatoms. The molecule has 1 aromatic carbocycles. The maximum Gasteiger partial charge on any atom is 0.269 e. The number of hydrogen-bond acceptors (Lipinski definition) is 4. The molecular formula is C10H14N6O4. The fourth-order valence-electron chi connectivity index (χ4n) is 1.32. The molecule has 0 spiro atoms. The van der Waals surface area contributed by atoms with Gasteiger partial charge in [-0.1, -0.05) is 30.3 Å². The molecule has 0 aliphatic rings. The van der Waals surface area contributed by atoms with E-state index in [4.69, 9.17) is 0 Å². The SMILES string of the molecule is O=[N+]([O-])/N=C(/NCCN[N+](=O)[O-])NCc1ccccc1. The highest BCUT2D eigenvalue weighted by atomic mass is 16.7. The standard InChI is InChI=1S/C10H14N6O4/c17-15(18)13-7-6-11-10(14-16(19)20)12-8-9-4-2-1-3-5-9/h1-5,13H,6-8H2,(H2,11,12,14). The van der Waals surface area contributed by atoms with Crippen molar-refractivity contribution in [2.45, 2.75) is 6.54 Å². The Morgan fingerprint density at radius 3 is 2.40 bits per heavy atom. The first kappa shape index (κ1) is 15.1. The molecular weight excluding hydrogens is 268 g/mol. The molecule has 0 fully saturated rings. The van der Waals surface area contributed by atoms with Crippen molar-refractivity contribution in [3.05, 3.63) is 56.1 Å². The summed E-state index contributed by atoms with van der Waals surface area (Å²) in [6, 6.07) is 9.25. The van der Waals surface area contributed by atoms with Crippen molar-refractivity contribution in [2.75, 3.05) is 13.1 Å². The van der Waals surface area contributed by atoms with Gasteiger partial charge in [0, 0.05) is 13.1 Å². The third-order valence-corrected chi connectivity index (χ3v) is 2.14. The van der Waals surface area contributed by atoms with E-state index in [0.717, 1.165) is 5.56 Å². The van der Waals surface area contributed by atoms with E-state index in [1.54, 1.807) is 0 Å². The maximum atomic E-state index is 10.4. The molecule has 0 saturated heterocycles. The number of hydrazone groups is 1. The van der Waals surface area contributed by atoms with Crippen LogP contribution in [0.2, 0.25) is 0 Å². The van der Waals surface area contributed by atoms with Gasteiger partial charge in [-0.25, -0.2) is 20.2 Å². The van der Waals surface area contributed by atoms with Crippen molar-refractivity contribution in [3.8, 4) is 0 Å². The largest absolute Gasteiger partial charge is 0.349 e. The zero-order chi connectivity index (χ0) is 14.8. The lowest BCUT2D eigenvalue weighted by Crippen LogP contribution is -2.41. The third-order valence-electron chi connectivity index (χ3n) is 2.14. The molecule has 0 aromatic heterocycles. The Bertz CT molecular complexity index is 478. The normalized spacial score (nSPS) is 10.7. The molecule has 20 heavy (non-hydrogen) atoms. The van der Waals surface area contributed by atoms with E-state index >= 15 is 0 Å². The summed E-state index contributed by atoms with van der Waals surface area (Å²) in [4.78, 5) is 20.4. The van der Waals surface area contributed by atoms with Gasteiger partial charge in [-0.15, -0.1) is 5.43 Å². The molecule has 0 heterocycles. The first-order valence-corrected chi connectivity index (χ1v) is 5.70. The Morgan fingerprint density at radius 2 is 1.80 bits per heavy atom. The number of benzene rings is 1. The van der Waals surface area contributed by atoms with Gasteiger partial charge >= 0.3 is 0 Å². The predicted molar refractivity (Wildman–Crippen MR) is 70.7 cm³/mol. The summed E-state index contributed by atoms with van der Waals surface area (Å²) in [6.07, 6.45) is 0. The van der Waals surface area contributed by atoms with Crippen LogP contribution < -0.4 is 16.1 Å². The molecule has 0 saturated carbocycles. The van der Waals surface area contributed by atoms with Gasteiger partial charge in [-0.3, -0.25) is 0 Å². The minimum absolute atomic E-state index is 0.0107. The van der Waals surface area contributed by atoms with E-state index < -0.39 is 10.1 Å². The number of guanidine groups is 1. The summed E-state index contributed by atoms with van der Waals surface area (Å²) in [5.41, 5.74) is 2.86. The number of hydrazine groups is 1. The summed E-state index contributed by atoms with van der Waals surface area (Å²) in [7, 11) is 0. The van der Waals surface area contributed by atoms with Crippen LogP contribution >= 0.6 is 0 Å². The molecule has 0 radical (unpaired) electrons. The van der Waals surface area contributed by atoms with Crippen LogP contribution in [0.1, 0.15) is 5.56 Å². The van der Waals surface area contributed by atoms with Crippen LogP contribution in [0.4, 0.5) is 0 Å². The van der Waals surface area contributed by atoms with Crippen molar-refractivity contribution < 1.29 is 10.1 Å². The average Bonchev–Trinajstić information content (AvgIpc) is 2.41. The molecule has 108 valence electrons. The Hall–Kier alpha value is -2.91. The Balaban J connectivity index is 2.44. The van der Waals surface area contributed by atoms with Crippen LogP contribution in [-0.4, -0.2) is 29.1 Å². The smallest absolute Gasteiger partial charge is 0.269 e. The monoisotopic (exact) mass is 282 g/mol. The van der Waals surface area contributed by atoms with Crippen molar-refractivity contribution in [2.24, 2.45) is 5.10 Å². The zero-order valence-corrected chi connectivity index (χ0v) is 10.5. The molecule has 0 bridgehead atoms. The molecule has 0 amide bonds.